The maximum Gasteiger partial charge on any atom is 0.163 e. The third-order valence-corrected chi connectivity index (χ3v) is 47.8. The number of aliphatic hydroxyl groups is 11. The standard InChI is InChI=1S/C27H40O4.C24H36O4.C24H34O3.C24H36O3.C23H34O4.6CH4/c1-16-8-11-25(4)17-9-12-26(5)18(10-13-27(26,28)20-7-6-14-29-20)21(17)23-22(19(25)15-16)30-24(2,3)31-23;1-14-6-9-22(2)15-7-10-23(3)16(19(15)21(26)20(25)17(22)13-14)8-11-24(23,27)18-5-4-12-28-18;1-14-8-10-24(3)17-9-11-23(2)15(19-5-4-12-27-19)6-7-16(23)20(17)22(26)21(25)18(24)13-14;1-16-8-10-23(2,17(13-16)14-25)20-9-11-24(3)19(18(20)15-26)6-7-21(24)22-5-4-12-27-22;1-22(9-7-16(26)12-15(22)13-24)19-8-10-23(2)18(17(19)14-25)5-6-20(23)21-4-3-11-27-21;;;;;;/h6-7,14,16-19,21-23,28H,8-13,15H2,1-5H3;4-5,12,14-17,19-21,25-27H,6-11,13H2,1-3H3;4-6,12,14,16-18,20-22,25-26H,7-11,13H2,1-3H3;4-5,7,12,16-20,25-26H,6,8-11,13-15H2,1-3H3;3-4,6,11,15-19,24-26H,5,7-10,12-14H2,1-2H3;6*1H4/t16-,17-,18-,19+,21?,22+,23+,25+,26-,27+;14-,15-,16-,17+,19?,20+,21+,22+,23-,24+;14-,16-,17-,18+,20?,21+,22+,23+,24+;16-,17+,18-,19-,20-,23-,24-;15-,16+,17+,18+,19+,22+,23+;;;;;;/m00001....../s1. The minimum atomic E-state index is -0.977. The quantitative estimate of drug-likeness (QED) is 0.0585. The van der Waals surface area contributed by atoms with Crippen molar-refractivity contribution in [2.45, 2.75) is 421 Å². The molecule has 824 valence electrons. The highest BCUT2D eigenvalue weighted by atomic mass is 16.8. The third kappa shape index (κ3) is 18.3. The van der Waals surface area contributed by atoms with Crippen LogP contribution in [-0.4, -0.2) is 131 Å². The van der Waals surface area contributed by atoms with E-state index in [2.05, 4.69) is 141 Å². The third-order valence-electron chi connectivity index (χ3n) is 47.8. The summed E-state index contributed by atoms with van der Waals surface area (Å²) >= 11 is 0. The summed E-state index contributed by atoms with van der Waals surface area (Å²) in [5.41, 5.74) is 2.50. The number of hydrogen-bond acceptors (Lipinski definition) is 18. The minimum absolute atomic E-state index is 0. The van der Waals surface area contributed by atoms with Crippen LogP contribution in [0.2, 0.25) is 0 Å². The van der Waals surface area contributed by atoms with Gasteiger partial charge in [0.05, 0.1) is 74.0 Å². The molecule has 0 bridgehead atoms. The number of furan rings is 5. The molecule has 43 atom stereocenters. The van der Waals surface area contributed by atoms with Gasteiger partial charge >= 0.3 is 0 Å². The highest BCUT2D eigenvalue weighted by Gasteiger charge is 2.74. The number of rotatable bonds is 11. The minimum Gasteiger partial charge on any atom is -0.466 e. The van der Waals surface area contributed by atoms with Crippen molar-refractivity contribution >= 4 is 16.7 Å². The zero-order valence-electron chi connectivity index (χ0n) is 88.0. The number of fused-ring (bicyclic) bond motifs is 20. The molecule has 0 aromatic carbocycles. The van der Waals surface area contributed by atoms with Crippen molar-refractivity contribution in [3.05, 3.63) is 139 Å². The van der Waals surface area contributed by atoms with Gasteiger partial charge in [-0.05, 0) is 456 Å². The highest BCUT2D eigenvalue weighted by Crippen LogP contribution is 2.77. The predicted octanol–water partition coefficient (Wildman–Crippen LogP) is 27.7. The lowest BCUT2D eigenvalue weighted by Gasteiger charge is -2.64. The SMILES string of the molecule is C.C.C.C.C.C.C[C@H]1CC[C@@]2(C)[C@H](C1)[C@@H](O)[C@H](O)C1[C@@H]2CC[C@@]2(C)[C@H]1CC[C@@]2(O)c1ccco1.C[C@H]1CC[C@@]2(C)[C@H](C1)[C@@H](O)[C@H](O)C1[C@@H]2CC[C@]2(C)C(c3ccco3)=CC[C@@H]12.C[C@H]1CC[C@@]2(C)[C@H](C1)[C@H]1OC(C)(C)O[C@@H]1C1[C@@H]2CC[C@@]2(C)[C@H]1CC[C@@]2(O)c1ccco1.C[C@H]1CC[C@](C)([C@H]2CC[C@]3(C)C(c4ccco4)=CC[C@H]3[C@@H]2CO)[C@@H](CO)C1.C[C@]1([C@H]2CC[C@]3(C)C(c4ccco4)=CC[C@H]3[C@@H]2CO)CC[C@H](O)C[C@@H]1CO. The maximum absolute atomic E-state index is 12.0. The lowest BCUT2D eigenvalue weighted by Crippen LogP contribution is -2.64. The summed E-state index contributed by atoms with van der Waals surface area (Å²) in [7, 11) is 0. The molecule has 18 aliphatic carbocycles. The Morgan fingerprint density at radius 2 is 0.610 bits per heavy atom. The van der Waals surface area contributed by atoms with Crippen molar-refractivity contribution in [3.8, 4) is 0 Å². The van der Waals surface area contributed by atoms with Crippen LogP contribution in [0.15, 0.2) is 132 Å². The van der Waals surface area contributed by atoms with Gasteiger partial charge in [-0.3, -0.25) is 0 Å². The summed E-state index contributed by atoms with van der Waals surface area (Å²) < 4.78 is 42.1. The summed E-state index contributed by atoms with van der Waals surface area (Å²) in [6.07, 6.45) is 47.3. The number of aliphatic hydroxyl groups excluding tert-OH is 9. The van der Waals surface area contributed by atoms with Crippen molar-refractivity contribution in [2.24, 2.45) is 196 Å². The zero-order chi connectivity index (χ0) is 99.2. The van der Waals surface area contributed by atoms with Crippen LogP contribution < -0.4 is 0 Å². The Hall–Kier alpha value is -4.90. The van der Waals surface area contributed by atoms with Crippen LogP contribution in [0.4, 0.5) is 0 Å². The molecule has 24 rings (SSSR count). The monoisotopic (exact) mass is 2030 g/mol. The molecular weight excluding hydrogens is 1830 g/mol. The lowest BCUT2D eigenvalue weighted by molar-refractivity contribution is -0.231. The van der Waals surface area contributed by atoms with E-state index in [1.54, 1.807) is 31.3 Å². The fraction of sp³-hybridized carbons (Fsp3) is 0.797. The van der Waals surface area contributed by atoms with Gasteiger partial charge in [-0.2, -0.15) is 0 Å². The second kappa shape index (κ2) is 43.0. The lowest BCUT2D eigenvalue weighted by atomic mass is 9.42. The molecule has 16 fully saturated rings. The Morgan fingerprint density at radius 1 is 0.288 bits per heavy atom. The van der Waals surface area contributed by atoms with Gasteiger partial charge in [-0.15, -0.1) is 0 Å². The second-order valence-corrected chi connectivity index (χ2v) is 54.1. The molecule has 146 heavy (non-hydrogen) atoms. The van der Waals surface area contributed by atoms with Crippen molar-refractivity contribution in [1.29, 1.82) is 0 Å². The van der Waals surface area contributed by atoms with Gasteiger partial charge in [0.2, 0.25) is 0 Å². The molecule has 18 nitrogen and oxygen atoms in total. The van der Waals surface area contributed by atoms with Crippen LogP contribution in [0.25, 0.3) is 16.7 Å². The van der Waals surface area contributed by atoms with Gasteiger partial charge in [0, 0.05) is 37.3 Å². The average Bonchev–Trinajstić information content (AvgIpc) is 1.50. The summed E-state index contributed by atoms with van der Waals surface area (Å²) in [5, 5.41) is 120. The molecular formula is C128H204O18. The molecule has 0 spiro atoms. The van der Waals surface area contributed by atoms with Gasteiger partial charge in [0.25, 0.3) is 0 Å². The first-order chi connectivity index (χ1) is 66.5. The molecule has 5 aromatic heterocycles. The maximum atomic E-state index is 12.0. The van der Waals surface area contributed by atoms with E-state index in [9.17, 15) is 56.2 Å². The molecule has 0 radical (unpaired) electrons. The first kappa shape index (κ1) is 117. The molecule has 6 heterocycles. The molecule has 18 heteroatoms. The Bertz CT molecular complexity index is 4990. The number of allylic oxidation sites excluding steroid dienone is 6. The molecule has 15 saturated carbocycles. The van der Waals surface area contributed by atoms with Crippen molar-refractivity contribution in [2.75, 3.05) is 26.4 Å². The van der Waals surface area contributed by atoms with Crippen LogP contribution in [0.5, 0.6) is 0 Å². The van der Waals surface area contributed by atoms with E-state index < -0.39 is 41.4 Å². The van der Waals surface area contributed by atoms with Gasteiger partial charge in [0.15, 0.2) is 5.79 Å². The Balaban J connectivity index is 0.000000143. The van der Waals surface area contributed by atoms with E-state index in [1.807, 2.05) is 48.5 Å². The van der Waals surface area contributed by atoms with Crippen LogP contribution in [0, 0.1) is 196 Å². The van der Waals surface area contributed by atoms with E-state index in [0.717, 1.165) is 164 Å². The molecule has 1 saturated heterocycles. The first-order valence-electron chi connectivity index (χ1n) is 56.5. The van der Waals surface area contributed by atoms with Crippen LogP contribution in [-0.2, 0) is 20.7 Å². The molecule has 5 aromatic rings. The van der Waals surface area contributed by atoms with Crippen LogP contribution in [0.1, 0.15) is 390 Å². The largest absolute Gasteiger partial charge is 0.466 e. The van der Waals surface area contributed by atoms with Crippen molar-refractivity contribution < 1.29 is 87.7 Å². The zero-order valence-corrected chi connectivity index (χ0v) is 88.0. The van der Waals surface area contributed by atoms with Gasteiger partial charge in [-0.1, -0.05) is 185 Å². The number of ether oxygens (including phenoxy) is 2. The predicted molar refractivity (Wildman–Crippen MR) is 583 cm³/mol. The summed E-state index contributed by atoms with van der Waals surface area (Å²) in [6.45, 7) is 38.1. The molecule has 19 aliphatic rings. The van der Waals surface area contributed by atoms with Crippen molar-refractivity contribution in [3.63, 3.8) is 0 Å². The second-order valence-electron chi connectivity index (χ2n) is 54.1. The van der Waals surface area contributed by atoms with Crippen LogP contribution >= 0.6 is 0 Å². The van der Waals surface area contributed by atoms with E-state index in [-0.39, 0.29) is 179 Å². The highest BCUT2D eigenvalue weighted by molar-refractivity contribution is 5.71. The molecule has 11 N–H and O–H groups in total. The normalized spacial score (nSPS) is 48.6. The summed E-state index contributed by atoms with van der Waals surface area (Å²) in [6, 6.07) is 19.7. The Morgan fingerprint density at radius 3 is 1.01 bits per heavy atom. The fourth-order valence-corrected chi connectivity index (χ4v) is 39.6. The fourth-order valence-electron chi connectivity index (χ4n) is 39.6. The first-order valence-corrected chi connectivity index (χ1v) is 56.5. The van der Waals surface area contributed by atoms with Gasteiger partial charge in [-0.25, -0.2) is 0 Å². The van der Waals surface area contributed by atoms with Gasteiger partial charge in [0.1, 0.15) is 40.0 Å². The van der Waals surface area contributed by atoms with E-state index in [1.165, 1.54) is 74.5 Å². The van der Waals surface area contributed by atoms with E-state index in [0.29, 0.717) is 119 Å². The molecule has 3 unspecified atom stereocenters. The summed E-state index contributed by atoms with van der Waals surface area (Å²) in [5.74, 6) is 13.8. The average molecular weight is 2030 g/mol. The Labute approximate surface area is 881 Å². The van der Waals surface area contributed by atoms with E-state index >= 15 is 0 Å². The smallest absolute Gasteiger partial charge is 0.163 e. The molecule has 0 amide bonds. The van der Waals surface area contributed by atoms with E-state index in [4.69, 9.17) is 31.6 Å². The summed E-state index contributed by atoms with van der Waals surface area (Å²) in [4.78, 5) is 0. The van der Waals surface area contributed by atoms with Crippen LogP contribution in [0.3, 0.4) is 0 Å². The number of hydrogen-bond donors (Lipinski definition) is 11. The Kier molecular flexibility index (Phi) is 34.3. The van der Waals surface area contributed by atoms with Gasteiger partial charge < -0.3 is 87.7 Å². The topological polar surface area (TPSA) is 307 Å². The van der Waals surface area contributed by atoms with Crippen molar-refractivity contribution in [1.82, 2.24) is 0 Å². The molecule has 1 aliphatic heterocycles.